The van der Waals surface area contributed by atoms with Crippen molar-refractivity contribution in [2.24, 2.45) is 0 Å². The van der Waals surface area contributed by atoms with Crippen LogP contribution in [0, 0.1) is 0 Å². The van der Waals surface area contributed by atoms with Gasteiger partial charge in [-0.25, -0.2) is 4.98 Å². The topological polar surface area (TPSA) is 67.0 Å². The summed E-state index contributed by atoms with van der Waals surface area (Å²) in [4.78, 5) is 20.8. The number of aromatic nitrogens is 2. The minimum atomic E-state index is -0.527. The molecule has 0 unspecified atom stereocenters. The largest absolute Gasteiger partial charge is 0.481 e. The molecule has 0 amide bonds. The van der Waals surface area contributed by atoms with Crippen LogP contribution in [0.15, 0.2) is 79.1 Å². The van der Waals surface area contributed by atoms with Crippen LogP contribution in [0.1, 0.15) is 22.0 Å². The summed E-state index contributed by atoms with van der Waals surface area (Å²) >= 11 is 0. The molecule has 134 valence electrons. The Morgan fingerprint density at radius 2 is 1.81 bits per heavy atom. The molecule has 0 aliphatic carbocycles. The average Bonchev–Trinajstić information content (AvgIpc) is 3.17. The van der Waals surface area contributed by atoms with Gasteiger partial charge in [0.1, 0.15) is 6.04 Å². The van der Waals surface area contributed by atoms with E-state index in [-0.39, 0.29) is 5.78 Å². The lowest BCUT2D eigenvalue weighted by atomic mass is 9.97. The summed E-state index contributed by atoms with van der Waals surface area (Å²) in [7, 11) is 1.57. The van der Waals surface area contributed by atoms with E-state index in [4.69, 9.17) is 4.74 Å². The van der Waals surface area contributed by atoms with E-state index in [1.165, 1.54) is 0 Å². The van der Waals surface area contributed by atoms with Gasteiger partial charge in [0.2, 0.25) is 5.88 Å². The van der Waals surface area contributed by atoms with Crippen molar-refractivity contribution in [1.29, 1.82) is 0 Å². The summed E-state index contributed by atoms with van der Waals surface area (Å²) in [6, 6.07) is 20.6. The Balaban J connectivity index is 1.72. The summed E-state index contributed by atoms with van der Waals surface area (Å²) < 4.78 is 5.10. The monoisotopic (exact) mass is 357 g/mol. The number of para-hydroxylation sites is 1. The van der Waals surface area contributed by atoms with Crippen LogP contribution in [0.3, 0.4) is 0 Å². The predicted octanol–water partition coefficient (Wildman–Crippen LogP) is 4.61. The molecular weight excluding hydrogens is 338 g/mol. The summed E-state index contributed by atoms with van der Waals surface area (Å²) in [5.74, 6) is 0.522. The number of nitrogens with one attached hydrogen (secondary N) is 2. The molecule has 5 nitrogen and oxygen atoms in total. The molecule has 4 rings (SSSR count). The van der Waals surface area contributed by atoms with Crippen LogP contribution in [0.25, 0.3) is 10.9 Å². The Kier molecular flexibility index (Phi) is 4.58. The van der Waals surface area contributed by atoms with Crippen molar-refractivity contribution in [3.63, 3.8) is 0 Å². The van der Waals surface area contributed by atoms with Crippen molar-refractivity contribution >= 4 is 22.4 Å². The second-order valence-electron chi connectivity index (χ2n) is 6.19. The fraction of sp³-hybridized carbons (Fsp3) is 0.0909. The maximum Gasteiger partial charge on any atom is 0.213 e. The zero-order chi connectivity index (χ0) is 18.6. The lowest BCUT2D eigenvalue weighted by Gasteiger charge is -2.19. The van der Waals surface area contributed by atoms with E-state index in [1.54, 1.807) is 25.6 Å². The van der Waals surface area contributed by atoms with Gasteiger partial charge in [0.15, 0.2) is 5.78 Å². The number of rotatable bonds is 6. The molecule has 0 fully saturated rings. The van der Waals surface area contributed by atoms with Crippen molar-refractivity contribution in [3.05, 3.63) is 90.3 Å². The molecule has 2 aromatic heterocycles. The Morgan fingerprint density at radius 3 is 2.56 bits per heavy atom. The van der Waals surface area contributed by atoms with Crippen LogP contribution < -0.4 is 10.1 Å². The third-order valence-corrected chi connectivity index (χ3v) is 4.51. The fourth-order valence-electron chi connectivity index (χ4n) is 3.13. The highest BCUT2D eigenvalue weighted by Crippen LogP contribution is 2.27. The molecular formula is C22H19N3O2. The summed E-state index contributed by atoms with van der Waals surface area (Å²) in [5.41, 5.74) is 3.24. The first-order valence-electron chi connectivity index (χ1n) is 8.68. The number of methoxy groups -OCH3 is 1. The second kappa shape index (κ2) is 7.33. The van der Waals surface area contributed by atoms with Crippen LogP contribution in [0.5, 0.6) is 5.88 Å². The number of carbonyl (C=O) groups is 1. The second-order valence-corrected chi connectivity index (χ2v) is 6.19. The van der Waals surface area contributed by atoms with E-state index in [1.807, 2.05) is 60.7 Å². The van der Waals surface area contributed by atoms with Crippen molar-refractivity contribution in [2.75, 3.05) is 12.4 Å². The van der Waals surface area contributed by atoms with Crippen LogP contribution >= 0.6 is 0 Å². The highest BCUT2D eigenvalue weighted by molar-refractivity contribution is 6.11. The average molecular weight is 357 g/mol. The van der Waals surface area contributed by atoms with Crippen LogP contribution in [0.2, 0.25) is 0 Å². The lowest BCUT2D eigenvalue weighted by Crippen LogP contribution is -2.21. The molecule has 0 saturated carbocycles. The number of hydrogen-bond acceptors (Lipinski definition) is 4. The van der Waals surface area contributed by atoms with Crippen LogP contribution in [-0.4, -0.2) is 22.9 Å². The number of anilines is 1. The van der Waals surface area contributed by atoms with Gasteiger partial charge in [-0.3, -0.25) is 4.79 Å². The molecule has 0 aliphatic rings. The molecule has 0 radical (unpaired) electrons. The summed E-state index contributed by atoms with van der Waals surface area (Å²) in [5, 5.41) is 4.23. The number of Topliss-reactive ketones (excluding diaryl/α,β-unsaturated/α-hetero) is 1. The zero-order valence-corrected chi connectivity index (χ0v) is 14.8. The molecule has 2 heterocycles. The number of nitrogens with zero attached hydrogens (tertiary/aromatic N) is 1. The molecule has 27 heavy (non-hydrogen) atoms. The Bertz CT molecular complexity index is 1060. The lowest BCUT2D eigenvalue weighted by molar-refractivity contribution is 0.0971. The summed E-state index contributed by atoms with van der Waals surface area (Å²) in [6.07, 6.45) is 3.44. The maximum atomic E-state index is 13.4. The zero-order valence-electron chi connectivity index (χ0n) is 14.8. The Morgan fingerprint density at radius 1 is 1.04 bits per heavy atom. The number of fused-ring (bicyclic) bond motifs is 1. The number of aromatic amines is 1. The Hall–Kier alpha value is -3.60. The molecule has 0 spiro atoms. The SMILES string of the molecule is COc1ccc(N[C@@H](C(=O)c2c[nH]c3ccccc23)c2ccccc2)cn1. The van der Waals surface area contributed by atoms with Gasteiger partial charge in [0.25, 0.3) is 0 Å². The highest BCUT2D eigenvalue weighted by Gasteiger charge is 2.24. The molecule has 0 aliphatic heterocycles. The number of hydrogen-bond donors (Lipinski definition) is 2. The van der Waals surface area contributed by atoms with Gasteiger partial charge in [-0.05, 0) is 17.7 Å². The van der Waals surface area contributed by atoms with E-state index < -0.39 is 6.04 Å². The highest BCUT2D eigenvalue weighted by atomic mass is 16.5. The molecule has 2 aromatic carbocycles. The van der Waals surface area contributed by atoms with Gasteiger partial charge in [0, 0.05) is 28.7 Å². The molecule has 1 atom stereocenters. The van der Waals surface area contributed by atoms with Crippen molar-refractivity contribution in [2.45, 2.75) is 6.04 Å². The first-order valence-corrected chi connectivity index (χ1v) is 8.68. The van der Waals surface area contributed by atoms with Gasteiger partial charge in [-0.2, -0.15) is 0 Å². The van der Waals surface area contributed by atoms with E-state index in [0.717, 1.165) is 22.2 Å². The van der Waals surface area contributed by atoms with Gasteiger partial charge < -0.3 is 15.0 Å². The predicted molar refractivity (Wildman–Crippen MR) is 106 cm³/mol. The number of pyridine rings is 1. The van der Waals surface area contributed by atoms with E-state index in [9.17, 15) is 4.79 Å². The molecule has 0 bridgehead atoms. The molecule has 0 saturated heterocycles. The number of ether oxygens (including phenoxy) is 1. The Labute approximate surface area is 157 Å². The quantitative estimate of drug-likeness (QED) is 0.495. The maximum absolute atomic E-state index is 13.4. The van der Waals surface area contributed by atoms with Crippen molar-refractivity contribution in [1.82, 2.24) is 9.97 Å². The number of ketones is 1. The van der Waals surface area contributed by atoms with Gasteiger partial charge in [-0.1, -0.05) is 48.5 Å². The normalized spacial score (nSPS) is 11.9. The first-order chi connectivity index (χ1) is 13.3. The third-order valence-electron chi connectivity index (χ3n) is 4.51. The number of H-pyrrole nitrogens is 1. The molecule has 2 N–H and O–H groups in total. The number of benzene rings is 2. The number of carbonyl (C=O) groups excluding carboxylic acids is 1. The van der Waals surface area contributed by atoms with Crippen molar-refractivity contribution in [3.8, 4) is 5.88 Å². The van der Waals surface area contributed by atoms with Crippen molar-refractivity contribution < 1.29 is 9.53 Å². The minimum Gasteiger partial charge on any atom is -0.481 e. The molecule has 4 aromatic rings. The van der Waals surface area contributed by atoms with Gasteiger partial charge >= 0.3 is 0 Å². The fourth-order valence-corrected chi connectivity index (χ4v) is 3.13. The van der Waals surface area contributed by atoms with E-state index in [0.29, 0.717) is 11.4 Å². The summed E-state index contributed by atoms with van der Waals surface area (Å²) in [6.45, 7) is 0. The standard InChI is InChI=1S/C22H19N3O2/c1-27-20-12-11-16(13-24-20)25-21(15-7-3-2-4-8-15)22(26)18-14-23-19-10-6-5-9-17(18)19/h2-14,21,23,25H,1H3/t21-/m1/s1. The third kappa shape index (κ3) is 3.40. The smallest absolute Gasteiger partial charge is 0.213 e. The first kappa shape index (κ1) is 16.8. The molecule has 5 heteroatoms. The minimum absolute atomic E-state index is 0.00512. The van der Waals surface area contributed by atoms with E-state index in [2.05, 4.69) is 15.3 Å². The van der Waals surface area contributed by atoms with Crippen LogP contribution in [0.4, 0.5) is 5.69 Å². The van der Waals surface area contributed by atoms with Crippen LogP contribution in [-0.2, 0) is 0 Å². The van der Waals surface area contributed by atoms with Gasteiger partial charge in [0.05, 0.1) is 19.0 Å². The van der Waals surface area contributed by atoms with Gasteiger partial charge in [-0.15, -0.1) is 0 Å². The van der Waals surface area contributed by atoms with E-state index >= 15 is 0 Å².